The quantitative estimate of drug-likeness (QED) is 0.601. The molecule has 0 spiro atoms. The Bertz CT molecular complexity index is 1120. The second kappa shape index (κ2) is 9.23. The second-order valence-corrected chi connectivity index (χ2v) is 6.70. The van der Waals surface area contributed by atoms with Gasteiger partial charge < -0.3 is 14.8 Å². The maximum absolute atomic E-state index is 12.3. The largest absolute Gasteiger partial charge is 0.497 e. The summed E-state index contributed by atoms with van der Waals surface area (Å²) in [4.78, 5) is 40.5. The van der Waals surface area contributed by atoms with Crippen molar-refractivity contribution in [2.45, 2.75) is 6.92 Å². The molecule has 3 amide bonds. The predicted octanol–water partition coefficient (Wildman–Crippen LogP) is 3.71. The predicted molar refractivity (Wildman–Crippen MR) is 112 cm³/mol. The zero-order chi connectivity index (χ0) is 21.7. The van der Waals surface area contributed by atoms with Crippen molar-refractivity contribution in [1.29, 1.82) is 0 Å². The van der Waals surface area contributed by atoms with E-state index in [1.165, 1.54) is 7.11 Å². The lowest BCUT2D eigenvalue weighted by molar-refractivity contribution is -0.123. The first kappa shape index (κ1) is 21.1. The molecule has 0 atom stereocenters. The Morgan fingerprint density at radius 2 is 1.80 bits per heavy atom. The van der Waals surface area contributed by atoms with Gasteiger partial charge in [-0.15, -0.1) is 0 Å². The Morgan fingerprint density at radius 1 is 1.07 bits per heavy atom. The van der Waals surface area contributed by atoms with Crippen LogP contribution in [0, 0.1) is 6.92 Å². The Balaban J connectivity index is 1.56. The van der Waals surface area contributed by atoms with Crippen LogP contribution < -0.4 is 15.4 Å². The van der Waals surface area contributed by atoms with Crippen LogP contribution in [0.4, 0.5) is 10.5 Å². The number of methoxy groups -OCH3 is 1. The van der Waals surface area contributed by atoms with E-state index in [9.17, 15) is 14.4 Å². The highest BCUT2D eigenvalue weighted by molar-refractivity contribution is 6.31. The van der Waals surface area contributed by atoms with Crippen molar-refractivity contribution >= 4 is 46.1 Å². The van der Waals surface area contributed by atoms with Crippen LogP contribution in [0.3, 0.4) is 0 Å². The number of ether oxygens (including phenoxy) is 2. The number of anilines is 1. The number of hydrogen-bond donors (Lipinski definition) is 2. The highest BCUT2D eigenvalue weighted by atomic mass is 35.5. The molecular weight excluding hydrogens is 410 g/mol. The summed E-state index contributed by atoms with van der Waals surface area (Å²) in [6.45, 7) is 1.04. The fraction of sp³-hybridized carbons (Fsp3) is 0.143. The molecule has 0 saturated carbocycles. The number of rotatable bonds is 5. The molecule has 3 rings (SSSR count). The molecule has 0 fully saturated rings. The summed E-state index contributed by atoms with van der Waals surface area (Å²) >= 11 is 5.97. The standard InChI is InChI=1S/C21H18ClN3O5/c1-12-17(10-13-9-14(22)3-8-18(13)23-12)20(27)30-11-19(26)25-21(28)24-15-4-6-16(29-2)7-5-15/h3-10H,11H2,1-2H3,(H2,24,25,26,28). The number of fused-ring (bicyclic) bond motifs is 1. The minimum absolute atomic E-state index is 0.209. The van der Waals surface area contributed by atoms with Crippen LogP contribution in [0.1, 0.15) is 16.1 Å². The number of nitrogens with zero attached hydrogens (tertiary/aromatic N) is 1. The summed E-state index contributed by atoms with van der Waals surface area (Å²) in [5.74, 6) is -0.874. The van der Waals surface area contributed by atoms with Gasteiger partial charge in [-0.2, -0.15) is 0 Å². The molecular formula is C21H18ClN3O5. The summed E-state index contributed by atoms with van der Waals surface area (Å²) < 4.78 is 10.0. The lowest BCUT2D eigenvalue weighted by atomic mass is 10.1. The first-order valence-electron chi connectivity index (χ1n) is 8.84. The van der Waals surface area contributed by atoms with E-state index in [1.54, 1.807) is 55.5 Å². The number of urea groups is 1. The first-order chi connectivity index (χ1) is 14.4. The molecule has 1 heterocycles. The molecule has 30 heavy (non-hydrogen) atoms. The topological polar surface area (TPSA) is 107 Å². The summed E-state index contributed by atoms with van der Waals surface area (Å²) in [6.07, 6.45) is 0. The maximum Gasteiger partial charge on any atom is 0.340 e. The number of esters is 1. The highest BCUT2D eigenvalue weighted by Crippen LogP contribution is 2.21. The highest BCUT2D eigenvalue weighted by Gasteiger charge is 2.16. The van der Waals surface area contributed by atoms with Crippen LogP contribution in [0.15, 0.2) is 48.5 Å². The van der Waals surface area contributed by atoms with Crippen molar-refractivity contribution in [3.05, 3.63) is 64.8 Å². The average molecular weight is 428 g/mol. The molecule has 0 bridgehead atoms. The molecule has 8 nitrogen and oxygen atoms in total. The van der Waals surface area contributed by atoms with Gasteiger partial charge >= 0.3 is 12.0 Å². The van der Waals surface area contributed by atoms with Crippen molar-refractivity contribution in [1.82, 2.24) is 10.3 Å². The van der Waals surface area contributed by atoms with E-state index >= 15 is 0 Å². The monoisotopic (exact) mass is 427 g/mol. The van der Waals surface area contributed by atoms with Gasteiger partial charge in [0.2, 0.25) is 0 Å². The molecule has 0 aliphatic carbocycles. The molecule has 0 aliphatic heterocycles. The number of imide groups is 1. The van der Waals surface area contributed by atoms with Crippen molar-refractivity contribution in [2.24, 2.45) is 0 Å². The third-order valence-corrected chi connectivity index (χ3v) is 4.36. The van der Waals surface area contributed by atoms with Gasteiger partial charge in [0.15, 0.2) is 6.61 Å². The Hall–Kier alpha value is -3.65. The fourth-order valence-electron chi connectivity index (χ4n) is 2.66. The number of aryl methyl sites for hydroxylation is 1. The van der Waals surface area contributed by atoms with Gasteiger partial charge in [0.25, 0.3) is 5.91 Å². The molecule has 2 N–H and O–H groups in total. The number of carbonyl (C=O) groups is 3. The van der Waals surface area contributed by atoms with Gasteiger partial charge in [0.1, 0.15) is 5.75 Å². The number of aromatic nitrogens is 1. The number of halogens is 1. The van der Waals surface area contributed by atoms with Crippen LogP contribution in [0.5, 0.6) is 5.75 Å². The zero-order valence-corrected chi connectivity index (χ0v) is 16.9. The fourth-order valence-corrected chi connectivity index (χ4v) is 2.84. The Kier molecular flexibility index (Phi) is 6.48. The normalized spacial score (nSPS) is 10.4. The maximum atomic E-state index is 12.3. The van der Waals surface area contributed by atoms with Gasteiger partial charge in [-0.1, -0.05) is 11.6 Å². The number of carbonyl (C=O) groups excluding carboxylic acids is 3. The van der Waals surface area contributed by atoms with Crippen LogP contribution >= 0.6 is 11.6 Å². The molecule has 2 aromatic carbocycles. The number of benzene rings is 2. The van der Waals surface area contributed by atoms with Crippen LogP contribution in [-0.2, 0) is 9.53 Å². The number of nitrogens with one attached hydrogen (secondary N) is 2. The SMILES string of the molecule is COc1ccc(NC(=O)NC(=O)COC(=O)c2cc3cc(Cl)ccc3nc2C)cc1. The minimum atomic E-state index is -0.774. The summed E-state index contributed by atoms with van der Waals surface area (Å²) in [7, 11) is 1.53. The summed E-state index contributed by atoms with van der Waals surface area (Å²) in [6, 6.07) is 12.5. The smallest absolute Gasteiger partial charge is 0.340 e. The number of amides is 3. The third-order valence-electron chi connectivity index (χ3n) is 4.12. The Labute approximate surface area is 177 Å². The lowest BCUT2D eigenvalue weighted by Gasteiger charge is -2.09. The first-order valence-corrected chi connectivity index (χ1v) is 9.22. The molecule has 0 radical (unpaired) electrons. The van der Waals surface area contributed by atoms with E-state index in [0.29, 0.717) is 33.1 Å². The van der Waals surface area contributed by atoms with E-state index in [-0.39, 0.29) is 5.56 Å². The van der Waals surface area contributed by atoms with Gasteiger partial charge in [-0.25, -0.2) is 9.59 Å². The van der Waals surface area contributed by atoms with E-state index in [0.717, 1.165) is 0 Å². The van der Waals surface area contributed by atoms with E-state index in [2.05, 4.69) is 15.6 Å². The summed E-state index contributed by atoms with van der Waals surface area (Å²) in [5, 5.41) is 5.75. The van der Waals surface area contributed by atoms with Crippen LogP contribution in [-0.4, -0.2) is 36.6 Å². The second-order valence-electron chi connectivity index (χ2n) is 6.27. The zero-order valence-electron chi connectivity index (χ0n) is 16.2. The van der Waals surface area contributed by atoms with E-state index in [4.69, 9.17) is 21.1 Å². The van der Waals surface area contributed by atoms with E-state index in [1.807, 2.05) is 0 Å². The van der Waals surface area contributed by atoms with Crippen molar-refractivity contribution < 1.29 is 23.9 Å². The number of hydrogen-bond acceptors (Lipinski definition) is 6. The molecule has 0 unspecified atom stereocenters. The summed E-state index contributed by atoms with van der Waals surface area (Å²) in [5.41, 5.74) is 1.81. The van der Waals surface area contributed by atoms with Crippen molar-refractivity contribution in [2.75, 3.05) is 19.0 Å². The van der Waals surface area contributed by atoms with Gasteiger partial charge in [-0.3, -0.25) is 15.1 Å². The molecule has 3 aromatic rings. The van der Waals surface area contributed by atoms with Crippen LogP contribution in [0.25, 0.3) is 10.9 Å². The lowest BCUT2D eigenvalue weighted by Crippen LogP contribution is -2.37. The van der Waals surface area contributed by atoms with Gasteiger partial charge in [0.05, 0.1) is 23.9 Å². The van der Waals surface area contributed by atoms with E-state index < -0.39 is 24.5 Å². The molecule has 9 heteroatoms. The molecule has 0 saturated heterocycles. The molecule has 154 valence electrons. The van der Waals surface area contributed by atoms with Crippen molar-refractivity contribution in [3.8, 4) is 5.75 Å². The average Bonchev–Trinajstić information content (AvgIpc) is 2.72. The third kappa shape index (κ3) is 5.24. The number of pyridine rings is 1. The van der Waals surface area contributed by atoms with Gasteiger partial charge in [0, 0.05) is 16.1 Å². The Morgan fingerprint density at radius 3 is 2.50 bits per heavy atom. The van der Waals surface area contributed by atoms with Gasteiger partial charge in [-0.05, 0) is 55.5 Å². The van der Waals surface area contributed by atoms with Crippen LogP contribution in [0.2, 0.25) is 5.02 Å². The molecule has 1 aromatic heterocycles. The minimum Gasteiger partial charge on any atom is -0.497 e. The molecule has 0 aliphatic rings. The van der Waals surface area contributed by atoms with Crippen molar-refractivity contribution in [3.63, 3.8) is 0 Å².